The molecule has 0 aliphatic rings. The van der Waals surface area contributed by atoms with E-state index in [1.54, 1.807) is 12.1 Å². The Morgan fingerprint density at radius 2 is 2.21 bits per heavy atom. The van der Waals surface area contributed by atoms with E-state index >= 15 is 0 Å². The highest BCUT2D eigenvalue weighted by Crippen LogP contribution is 2.26. The largest absolute Gasteiger partial charge is 0.480 e. The van der Waals surface area contributed by atoms with Gasteiger partial charge in [0, 0.05) is 0 Å². The van der Waals surface area contributed by atoms with Crippen LogP contribution in [0.5, 0.6) is 0 Å². The van der Waals surface area contributed by atoms with Crippen molar-refractivity contribution in [2.75, 3.05) is 5.32 Å². The minimum Gasteiger partial charge on any atom is -0.480 e. The van der Waals surface area contributed by atoms with Gasteiger partial charge in [-0.25, -0.2) is 4.79 Å². The normalized spacial score (nSPS) is 12.1. The summed E-state index contributed by atoms with van der Waals surface area (Å²) in [6.07, 6.45) is 0. The fraction of sp³-hybridized carbons (Fsp3) is 0.143. The number of carboxylic acid groups (broad SMARTS) is 1. The first kappa shape index (κ1) is 11.2. The fourth-order valence-corrected chi connectivity index (χ4v) is 1.98. The SMILES string of the molecule is NC(C(=O)O)C(=O)Nc1ccc(Br)s1. The number of carboxylic acids is 1. The van der Waals surface area contributed by atoms with Gasteiger partial charge in [0.25, 0.3) is 5.91 Å². The standard InChI is InChI=1S/C7H7BrN2O3S/c8-3-1-2-4(14-3)10-6(11)5(9)7(12)13/h1-2,5H,9H2,(H,10,11)(H,12,13). The van der Waals surface area contributed by atoms with E-state index in [0.29, 0.717) is 5.00 Å². The van der Waals surface area contributed by atoms with Crippen LogP contribution in [0.15, 0.2) is 15.9 Å². The van der Waals surface area contributed by atoms with E-state index in [2.05, 4.69) is 21.2 Å². The summed E-state index contributed by atoms with van der Waals surface area (Å²) in [5.74, 6) is -2.08. The molecule has 0 fully saturated rings. The molecule has 0 aromatic carbocycles. The Morgan fingerprint density at radius 1 is 1.57 bits per heavy atom. The summed E-state index contributed by atoms with van der Waals surface area (Å²) in [5, 5.41) is 11.4. The van der Waals surface area contributed by atoms with E-state index in [-0.39, 0.29) is 0 Å². The third-order valence-electron chi connectivity index (χ3n) is 1.37. The van der Waals surface area contributed by atoms with Crippen LogP contribution in [0, 0.1) is 0 Å². The predicted molar refractivity (Wildman–Crippen MR) is 56.3 cm³/mol. The Kier molecular flexibility index (Phi) is 3.62. The molecule has 5 nitrogen and oxygen atoms in total. The zero-order chi connectivity index (χ0) is 10.7. The Balaban J connectivity index is 2.61. The monoisotopic (exact) mass is 278 g/mol. The molecule has 0 bridgehead atoms. The number of thiophene rings is 1. The summed E-state index contributed by atoms with van der Waals surface area (Å²) in [6, 6.07) is 1.87. The van der Waals surface area contributed by atoms with Crippen LogP contribution in [0.4, 0.5) is 5.00 Å². The van der Waals surface area contributed by atoms with E-state index < -0.39 is 17.9 Å². The van der Waals surface area contributed by atoms with Crippen molar-refractivity contribution in [3.8, 4) is 0 Å². The molecule has 14 heavy (non-hydrogen) atoms. The summed E-state index contributed by atoms with van der Waals surface area (Å²) in [5.41, 5.74) is 5.10. The molecule has 1 aromatic heterocycles. The molecule has 1 rings (SSSR count). The van der Waals surface area contributed by atoms with E-state index in [1.165, 1.54) is 11.3 Å². The summed E-state index contributed by atoms with van der Waals surface area (Å²) in [4.78, 5) is 21.5. The lowest BCUT2D eigenvalue weighted by Crippen LogP contribution is -2.42. The molecule has 0 saturated carbocycles. The lowest BCUT2D eigenvalue weighted by Gasteiger charge is -2.05. The van der Waals surface area contributed by atoms with Crippen LogP contribution in [0.3, 0.4) is 0 Å². The van der Waals surface area contributed by atoms with Crippen molar-refractivity contribution < 1.29 is 14.7 Å². The van der Waals surface area contributed by atoms with Gasteiger partial charge in [-0.1, -0.05) is 0 Å². The fourth-order valence-electron chi connectivity index (χ4n) is 0.693. The average molecular weight is 279 g/mol. The number of aliphatic carboxylic acids is 1. The van der Waals surface area contributed by atoms with Crippen molar-refractivity contribution in [3.05, 3.63) is 15.9 Å². The van der Waals surface area contributed by atoms with E-state index in [4.69, 9.17) is 10.8 Å². The minimum atomic E-state index is -1.53. The first-order valence-corrected chi connectivity index (χ1v) is 5.16. The molecule has 1 heterocycles. The summed E-state index contributed by atoms with van der Waals surface area (Å²) in [7, 11) is 0. The van der Waals surface area contributed by atoms with Gasteiger partial charge in [-0.3, -0.25) is 4.79 Å². The van der Waals surface area contributed by atoms with Crippen LogP contribution in [-0.2, 0) is 9.59 Å². The number of hydrogen-bond acceptors (Lipinski definition) is 4. The Morgan fingerprint density at radius 3 is 2.64 bits per heavy atom. The molecule has 1 unspecified atom stereocenters. The molecule has 1 aromatic rings. The first-order chi connectivity index (χ1) is 6.50. The maximum atomic E-state index is 11.1. The van der Waals surface area contributed by atoms with Gasteiger partial charge in [0.15, 0.2) is 6.04 Å². The molecule has 76 valence electrons. The quantitative estimate of drug-likeness (QED) is 0.715. The number of hydrogen-bond donors (Lipinski definition) is 3. The van der Waals surface area contributed by atoms with Gasteiger partial charge in [-0.2, -0.15) is 0 Å². The second-order valence-electron chi connectivity index (χ2n) is 2.41. The van der Waals surface area contributed by atoms with Crippen LogP contribution >= 0.6 is 27.3 Å². The van der Waals surface area contributed by atoms with Crippen molar-refractivity contribution in [1.29, 1.82) is 0 Å². The number of halogens is 1. The van der Waals surface area contributed by atoms with Gasteiger partial charge in [0.05, 0.1) is 8.79 Å². The Hall–Kier alpha value is -0.920. The van der Waals surface area contributed by atoms with Gasteiger partial charge >= 0.3 is 5.97 Å². The average Bonchev–Trinajstić information content (AvgIpc) is 2.49. The Bertz CT molecular complexity index is 366. The van der Waals surface area contributed by atoms with Crippen molar-refractivity contribution in [2.45, 2.75) is 6.04 Å². The summed E-state index contributed by atoms with van der Waals surface area (Å²) < 4.78 is 0.844. The van der Waals surface area contributed by atoms with E-state index in [9.17, 15) is 9.59 Å². The number of rotatable bonds is 3. The molecular formula is C7H7BrN2O3S. The maximum Gasteiger partial charge on any atom is 0.330 e. The number of carbonyl (C=O) groups is 2. The molecular weight excluding hydrogens is 272 g/mol. The van der Waals surface area contributed by atoms with Crippen LogP contribution < -0.4 is 11.1 Å². The second kappa shape index (κ2) is 4.54. The number of carbonyl (C=O) groups excluding carboxylic acids is 1. The molecule has 1 atom stereocenters. The van der Waals surface area contributed by atoms with Gasteiger partial charge < -0.3 is 16.2 Å². The number of nitrogens with one attached hydrogen (secondary N) is 1. The number of anilines is 1. The first-order valence-electron chi connectivity index (χ1n) is 3.55. The molecule has 4 N–H and O–H groups in total. The molecule has 0 spiro atoms. The lowest BCUT2D eigenvalue weighted by atomic mass is 10.3. The zero-order valence-electron chi connectivity index (χ0n) is 6.86. The number of nitrogens with two attached hydrogens (primary N) is 1. The molecule has 0 saturated heterocycles. The van der Waals surface area contributed by atoms with Crippen molar-refractivity contribution in [2.24, 2.45) is 5.73 Å². The third kappa shape index (κ3) is 2.79. The van der Waals surface area contributed by atoms with Crippen molar-refractivity contribution >= 4 is 44.1 Å². The minimum absolute atomic E-state index is 0.554. The van der Waals surface area contributed by atoms with Crippen molar-refractivity contribution in [1.82, 2.24) is 0 Å². The molecule has 0 radical (unpaired) electrons. The highest BCUT2D eigenvalue weighted by Gasteiger charge is 2.21. The summed E-state index contributed by atoms with van der Waals surface area (Å²) >= 11 is 4.49. The van der Waals surface area contributed by atoms with Crippen molar-refractivity contribution in [3.63, 3.8) is 0 Å². The maximum absolute atomic E-state index is 11.1. The van der Waals surface area contributed by atoms with Crippen LogP contribution in [0.2, 0.25) is 0 Å². The smallest absolute Gasteiger partial charge is 0.330 e. The highest BCUT2D eigenvalue weighted by atomic mass is 79.9. The highest BCUT2D eigenvalue weighted by molar-refractivity contribution is 9.11. The number of amides is 1. The van der Waals surface area contributed by atoms with Crippen LogP contribution in [0.1, 0.15) is 0 Å². The second-order valence-corrected chi connectivity index (χ2v) is 4.87. The molecule has 0 aliphatic heterocycles. The third-order valence-corrected chi connectivity index (χ3v) is 2.91. The molecule has 0 aliphatic carbocycles. The topological polar surface area (TPSA) is 92.4 Å². The van der Waals surface area contributed by atoms with E-state index in [1.807, 2.05) is 0 Å². The molecule has 1 amide bonds. The van der Waals surface area contributed by atoms with Crippen LogP contribution in [0.25, 0.3) is 0 Å². The van der Waals surface area contributed by atoms with Crippen LogP contribution in [-0.4, -0.2) is 23.0 Å². The van der Waals surface area contributed by atoms with Gasteiger partial charge in [0.1, 0.15) is 0 Å². The summed E-state index contributed by atoms with van der Waals surface area (Å²) in [6.45, 7) is 0. The van der Waals surface area contributed by atoms with Gasteiger partial charge in [0.2, 0.25) is 0 Å². The zero-order valence-corrected chi connectivity index (χ0v) is 9.26. The Labute approximate surface area is 92.0 Å². The predicted octanol–water partition coefficient (Wildman–Crippen LogP) is 0.861. The van der Waals surface area contributed by atoms with E-state index in [0.717, 1.165) is 3.79 Å². The lowest BCUT2D eigenvalue weighted by molar-refractivity contribution is -0.141. The molecule has 7 heteroatoms. The van der Waals surface area contributed by atoms with Gasteiger partial charge in [-0.15, -0.1) is 11.3 Å². The van der Waals surface area contributed by atoms with Gasteiger partial charge in [-0.05, 0) is 28.1 Å².